The van der Waals surface area contributed by atoms with E-state index in [1.807, 2.05) is 59.5 Å². The Kier molecular flexibility index (Phi) is 5.98. The van der Waals surface area contributed by atoms with Crippen molar-refractivity contribution in [3.05, 3.63) is 77.9 Å². The van der Waals surface area contributed by atoms with E-state index < -0.39 is 0 Å². The number of nitrogens with zero attached hydrogens (tertiary/aromatic N) is 2. The van der Waals surface area contributed by atoms with Gasteiger partial charge >= 0.3 is 0 Å². The highest BCUT2D eigenvalue weighted by molar-refractivity contribution is 6.04. The molecule has 0 spiro atoms. The van der Waals surface area contributed by atoms with E-state index in [0.29, 0.717) is 18.5 Å². The highest BCUT2D eigenvalue weighted by atomic mass is 16.2. The van der Waals surface area contributed by atoms with Gasteiger partial charge in [0.15, 0.2) is 0 Å². The lowest BCUT2D eigenvalue weighted by Crippen LogP contribution is -2.35. The molecule has 3 aromatic rings. The Morgan fingerprint density at radius 1 is 1.00 bits per heavy atom. The Bertz CT molecular complexity index is 1120. The lowest BCUT2D eigenvalue weighted by Gasteiger charge is -2.18. The van der Waals surface area contributed by atoms with E-state index in [2.05, 4.69) is 5.32 Å². The van der Waals surface area contributed by atoms with Gasteiger partial charge in [-0.15, -0.1) is 0 Å². The van der Waals surface area contributed by atoms with E-state index in [4.69, 9.17) is 0 Å². The third kappa shape index (κ3) is 4.74. The zero-order valence-electron chi connectivity index (χ0n) is 17.5. The second kappa shape index (κ2) is 9.00. The van der Waals surface area contributed by atoms with E-state index in [1.54, 1.807) is 19.2 Å². The van der Waals surface area contributed by atoms with Crippen LogP contribution in [0.5, 0.6) is 0 Å². The maximum absolute atomic E-state index is 12.7. The summed E-state index contributed by atoms with van der Waals surface area (Å²) in [4.78, 5) is 40.3. The molecule has 158 valence electrons. The number of amides is 3. The fraction of sp³-hybridized carbons (Fsp3) is 0.240. The quantitative estimate of drug-likeness (QED) is 0.668. The summed E-state index contributed by atoms with van der Waals surface area (Å²) in [5.74, 6) is -0.301. The molecule has 1 aliphatic rings. The maximum Gasteiger partial charge on any atom is 0.254 e. The van der Waals surface area contributed by atoms with Crippen LogP contribution in [0.4, 0.5) is 5.69 Å². The van der Waals surface area contributed by atoms with E-state index >= 15 is 0 Å². The largest absolute Gasteiger partial charge is 0.338 e. The molecule has 0 aliphatic carbocycles. The predicted octanol–water partition coefficient (Wildman–Crippen LogP) is 3.67. The van der Waals surface area contributed by atoms with E-state index in [1.165, 1.54) is 4.90 Å². The number of benzene rings is 3. The predicted molar refractivity (Wildman–Crippen MR) is 121 cm³/mol. The van der Waals surface area contributed by atoms with Crippen LogP contribution in [0.25, 0.3) is 10.8 Å². The first-order valence-corrected chi connectivity index (χ1v) is 10.4. The van der Waals surface area contributed by atoms with Gasteiger partial charge in [0.2, 0.25) is 11.8 Å². The minimum absolute atomic E-state index is 0.0495. The number of likely N-dealkylation sites (N-methyl/N-ethyl adjacent to an activating group) is 1. The number of hydrogen-bond acceptors (Lipinski definition) is 3. The van der Waals surface area contributed by atoms with Gasteiger partial charge in [-0.1, -0.05) is 48.5 Å². The summed E-state index contributed by atoms with van der Waals surface area (Å²) in [5, 5.41) is 4.91. The van der Waals surface area contributed by atoms with Crippen molar-refractivity contribution in [3.63, 3.8) is 0 Å². The molecule has 0 aromatic heterocycles. The Morgan fingerprint density at radius 2 is 1.74 bits per heavy atom. The number of carbonyl (C=O) groups is 3. The van der Waals surface area contributed by atoms with Crippen LogP contribution in [0.15, 0.2) is 66.7 Å². The van der Waals surface area contributed by atoms with Crippen molar-refractivity contribution in [2.45, 2.75) is 19.4 Å². The standard InChI is InChI=1S/C25H25N3O3/c1-27(17-23(29)26-22-9-4-7-19-6-2-3-8-21(19)22)25(31)20-13-11-18(12-14-20)16-28-15-5-10-24(28)30/h2-4,6-9,11-14H,5,10,15-17H2,1H3,(H,26,29). The molecule has 1 aliphatic heterocycles. The third-order valence-corrected chi connectivity index (χ3v) is 5.54. The third-order valence-electron chi connectivity index (χ3n) is 5.54. The fourth-order valence-corrected chi connectivity index (χ4v) is 3.88. The second-order valence-corrected chi connectivity index (χ2v) is 7.85. The number of nitrogens with one attached hydrogen (secondary N) is 1. The summed E-state index contributed by atoms with van der Waals surface area (Å²) < 4.78 is 0. The highest BCUT2D eigenvalue weighted by Crippen LogP contribution is 2.23. The minimum atomic E-state index is -0.253. The Morgan fingerprint density at radius 3 is 2.48 bits per heavy atom. The van der Waals surface area contributed by atoms with Crippen LogP contribution in [-0.4, -0.2) is 47.7 Å². The van der Waals surface area contributed by atoms with Gasteiger partial charge in [0.05, 0.1) is 6.54 Å². The molecule has 3 amide bonds. The summed E-state index contributed by atoms with van der Waals surface area (Å²) >= 11 is 0. The molecule has 1 fully saturated rings. The number of rotatable bonds is 6. The number of fused-ring (bicyclic) bond motifs is 1. The number of anilines is 1. The van der Waals surface area contributed by atoms with Crippen LogP contribution in [0, 0.1) is 0 Å². The van der Waals surface area contributed by atoms with Gasteiger partial charge in [0.25, 0.3) is 5.91 Å². The first-order chi connectivity index (χ1) is 15.0. The van der Waals surface area contributed by atoms with Crippen molar-refractivity contribution in [3.8, 4) is 0 Å². The molecule has 3 aromatic carbocycles. The monoisotopic (exact) mass is 415 g/mol. The molecule has 1 heterocycles. The van der Waals surface area contributed by atoms with Crippen LogP contribution < -0.4 is 5.32 Å². The van der Waals surface area contributed by atoms with Crippen molar-refractivity contribution in [2.75, 3.05) is 25.5 Å². The molecule has 1 saturated heterocycles. The molecular weight excluding hydrogens is 390 g/mol. The lowest BCUT2D eigenvalue weighted by atomic mass is 10.1. The SMILES string of the molecule is CN(CC(=O)Nc1cccc2ccccc12)C(=O)c1ccc(CN2CCCC2=O)cc1. The average molecular weight is 415 g/mol. The van der Waals surface area contributed by atoms with Crippen LogP contribution in [0.3, 0.4) is 0 Å². The summed E-state index contributed by atoms with van der Waals surface area (Å²) in [5.41, 5.74) is 2.23. The van der Waals surface area contributed by atoms with Crippen molar-refractivity contribution < 1.29 is 14.4 Å². The first-order valence-electron chi connectivity index (χ1n) is 10.4. The molecule has 1 N–H and O–H groups in total. The van der Waals surface area contributed by atoms with Crippen molar-refractivity contribution in [2.24, 2.45) is 0 Å². The van der Waals surface area contributed by atoms with Crippen molar-refractivity contribution in [1.82, 2.24) is 9.80 Å². The summed E-state index contributed by atoms with van der Waals surface area (Å²) in [6.07, 6.45) is 1.52. The normalized spacial score (nSPS) is 13.5. The van der Waals surface area contributed by atoms with Gasteiger partial charge in [-0.25, -0.2) is 0 Å². The smallest absolute Gasteiger partial charge is 0.254 e. The number of carbonyl (C=O) groups excluding carboxylic acids is 3. The first kappa shape index (κ1) is 20.6. The molecule has 6 heteroatoms. The van der Waals surface area contributed by atoms with E-state index in [9.17, 15) is 14.4 Å². The Balaban J connectivity index is 1.36. The van der Waals surface area contributed by atoms with Gasteiger partial charge in [-0.05, 0) is 35.6 Å². The second-order valence-electron chi connectivity index (χ2n) is 7.85. The van der Waals surface area contributed by atoms with Gasteiger partial charge in [0, 0.05) is 43.2 Å². The Hall–Kier alpha value is -3.67. The molecule has 6 nitrogen and oxygen atoms in total. The fourth-order valence-electron chi connectivity index (χ4n) is 3.88. The van der Waals surface area contributed by atoms with Crippen LogP contribution in [0.2, 0.25) is 0 Å². The molecule has 0 unspecified atom stereocenters. The molecule has 0 saturated carbocycles. The molecule has 0 atom stereocenters. The van der Waals surface area contributed by atoms with E-state index in [0.717, 1.165) is 35.0 Å². The molecule has 31 heavy (non-hydrogen) atoms. The highest BCUT2D eigenvalue weighted by Gasteiger charge is 2.20. The topological polar surface area (TPSA) is 69.7 Å². The van der Waals surface area contributed by atoms with E-state index in [-0.39, 0.29) is 24.3 Å². The Labute approximate surface area is 181 Å². The zero-order chi connectivity index (χ0) is 21.8. The maximum atomic E-state index is 12.7. The minimum Gasteiger partial charge on any atom is -0.338 e. The average Bonchev–Trinajstić information content (AvgIpc) is 3.18. The number of hydrogen-bond donors (Lipinski definition) is 1. The van der Waals surface area contributed by atoms with Gasteiger partial charge in [-0.3, -0.25) is 14.4 Å². The number of likely N-dealkylation sites (tertiary alicyclic amines) is 1. The lowest BCUT2D eigenvalue weighted by molar-refractivity contribution is -0.128. The molecule has 0 radical (unpaired) electrons. The molecule has 4 rings (SSSR count). The van der Waals surface area contributed by atoms with Crippen LogP contribution >= 0.6 is 0 Å². The summed E-state index contributed by atoms with van der Waals surface area (Å²) in [6, 6.07) is 20.8. The van der Waals surface area contributed by atoms with Gasteiger partial charge < -0.3 is 15.1 Å². The van der Waals surface area contributed by atoms with Crippen LogP contribution in [0.1, 0.15) is 28.8 Å². The van der Waals surface area contributed by atoms with Gasteiger partial charge in [0.1, 0.15) is 0 Å². The van der Waals surface area contributed by atoms with Crippen molar-refractivity contribution >= 4 is 34.2 Å². The van der Waals surface area contributed by atoms with Gasteiger partial charge in [-0.2, -0.15) is 0 Å². The van der Waals surface area contributed by atoms with Crippen LogP contribution in [-0.2, 0) is 16.1 Å². The van der Waals surface area contributed by atoms with Crippen molar-refractivity contribution in [1.29, 1.82) is 0 Å². The zero-order valence-corrected chi connectivity index (χ0v) is 17.5. The summed E-state index contributed by atoms with van der Waals surface area (Å²) in [6.45, 7) is 1.30. The molecular formula is C25H25N3O3. The molecule has 0 bridgehead atoms. The summed E-state index contributed by atoms with van der Waals surface area (Å²) in [7, 11) is 1.61.